The molecule has 0 amide bonds. The monoisotopic (exact) mass is 432 g/mol. The van der Waals surface area contributed by atoms with Crippen LogP contribution in [0.3, 0.4) is 0 Å². The zero-order valence-electron chi connectivity index (χ0n) is 14.8. The molecule has 0 aliphatic rings. The summed E-state index contributed by atoms with van der Waals surface area (Å²) in [5, 5.41) is 2.99. The van der Waals surface area contributed by atoms with Crippen molar-refractivity contribution in [3.8, 4) is 11.5 Å². The van der Waals surface area contributed by atoms with Gasteiger partial charge in [-0.2, -0.15) is 0 Å². The van der Waals surface area contributed by atoms with Crippen molar-refractivity contribution < 1.29 is 28.5 Å². The van der Waals surface area contributed by atoms with Crippen molar-refractivity contribution in [3.63, 3.8) is 0 Å². The molecule has 0 aromatic heterocycles. The smallest absolute Gasteiger partial charge is 0.343 e. The van der Waals surface area contributed by atoms with Crippen molar-refractivity contribution in [3.05, 3.63) is 46.9 Å². The van der Waals surface area contributed by atoms with Gasteiger partial charge in [-0.3, -0.25) is 0 Å². The molecule has 0 unspecified atom stereocenters. The fraction of sp³-hybridized carbons (Fsp3) is 0.200. The lowest BCUT2D eigenvalue weighted by Gasteiger charge is -2.18. The number of esters is 2. The lowest BCUT2D eigenvalue weighted by molar-refractivity contribution is -0.143. The van der Waals surface area contributed by atoms with Gasteiger partial charge in [0.2, 0.25) is 0 Å². The highest BCUT2D eigenvalue weighted by molar-refractivity contribution is 9.10. The molecule has 0 bridgehead atoms. The van der Waals surface area contributed by atoms with Crippen LogP contribution in [0.15, 0.2) is 46.9 Å². The van der Waals surface area contributed by atoms with Crippen LogP contribution in [0.25, 0.3) is 21.5 Å². The highest BCUT2D eigenvalue weighted by atomic mass is 79.9. The molecule has 27 heavy (non-hydrogen) atoms. The summed E-state index contributed by atoms with van der Waals surface area (Å²) in [4.78, 5) is 23.2. The van der Waals surface area contributed by atoms with Gasteiger partial charge in [-0.15, -0.1) is 0 Å². The second kappa shape index (κ2) is 8.26. The molecule has 0 saturated heterocycles. The summed E-state index contributed by atoms with van der Waals surface area (Å²) in [6.45, 7) is -0.441. The molecular weight excluding hydrogens is 416 g/mol. The van der Waals surface area contributed by atoms with Gasteiger partial charge in [-0.05, 0) is 6.07 Å². The second-order valence-corrected chi connectivity index (χ2v) is 6.45. The van der Waals surface area contributed by atoms with E-state index in [9.17, 15) is 9.59 Å². The molecule has 0 radical (unpaired) electrons. The number of carbonyl (C=O) groups is 2. The number of halogens is 1. The van der Waals surface area contributed by atoms with Crippen molar-refractivity contribution in [1.82, 2.24) is 0 Å². The van der Waals surface area contributed by atoms with E-state index in [1.807, 2.05) is 42.5 Å². The first-order chi connectivity index (χ1) is 13.1. The van der Waals surface area contributed by atoms with Gasteiger partial charge in [0.05, 0.1) is 14.2 Å². The Morgan fingerprint density at radius 2 is 1.30 bits per heavy atom. The molecule has 0 fully saturated rings. The van der Waals surface area contributed by atoms with Crippen LogP contribution < -0.4 is 9.47 Å². The van der Waals surface area contributed by atoms with Crippen molar-refractivity contribution >= 4 is 49.4 Å². The molecule has 6 nitrogen and oxygen atoms in total. The third-order valence-electron chi connectivity index (χ3n) is 4.03. The van der Waals surface area contributed by atoms with Crippen molar-refractivity contribution in [2.24, 2.45) is 0 Å². The summed E-state index contributed by atoms with van der Waals surface area (Å²) >= 11 is 3.54. The van der Waals surface area contributed by atoms with Gasteiger partial charge in [0.25, 0.3) is 0 Å². The number of hydrogen-bond donors (Lipinski definition) is 0. The number of ether oxygens (including phenoxy) is 4. The molecule has 0 saturated carbocycles. The van der Waals surface area contributed by atoms with E-state index >= 15 is 0 Å². The summed E-state index contributed by atoms with van der Waals surface area (Å²) in [5.41, 5.74) is 0. The SMILES string of the molecule is COC(=O)COc1c2ccccc2c(OCC(=O)OC)c2c(Br)cccc12. The number of benzene rings is 3. The lowest BCUT2D eigenvalue weighted by Crippen LogP contribution is -2.14. The molecule has 0 N–H and O–H groups in total. The van der Waals surface area contributed by atoms with Gasteiger partial charge in [-0.1, -0.05) is 52.3 Å². The fourth-order valence-electron chi connectivity index (χ4n) is 2.79. The quantitative estimate of drug-likeness (QED) is 0.435. The number of fused-ring (bicyclic) bond motifs is 2. The van der Waals surface area contributed by atoms with Gasteiger partial charge >= 0.3 is 11.9 Å². The minimum absolute atomic E-state index is 0.218. The molecule has 3 aromatic carbocycles. The zero-order valence-corrected chi connectivity index (χ0v) is 16.4. The Labute approximate surface area is 164 Å². The van der Waals surface area contributed by atoms with E-state index in [0.717, 1.165) is 26.0 Å². The summed E-state index contributed by atoms with van der Waals surface area (Å²) in [6.07, 6.45) is 0. The molecule has 0 heterocycles. The van der Waals surface area contributed by atoms with E-state index in [4.69, 9.17) is 9.47 Å². The standard InChI is InChI=1S/C20H17BrO6/c1-24-16(22)10-26-19-12-6-3-4-7-13(12)20(27-11-17(23)25-2)18-14(19)8-5-9-15(18)21/h3-9H,10-11H2,1-2H3. The Morgan fingerprint density at radius 1 is 0.778 bits per heavy atom. The van der Waals surface area contributed by atoms with Crippen LogP contribution in [0.1, 0.15) is 0 Å². The third kappa shape index (κ3) is 3.83. The van der Waals surface area contributed by atoms with Gasteiger partial charge in [0.1, 0.15) is 11.5 Å². The third-order valence-corrected chi connectivity index (χ3v) is 4.69. The Hall–Kier alpha value is -2.80. The maximum absolute atomic E-state index is 11.6. The largest absolute Gasteiger partial charge is 0.481 e. The van der Waals surface area contributed by atoms with Crippen LogP contribution in [-0.4, -0.2) is 39.4 Å². The first-order valence-corrected chi connectivity index (χ1v) is 8.88. The van der Waals surface area contributed by atoms with Crippen LogP contribution in [0.5, 0.6) is 11.5 Å². The average molecular weight is 433 g/mol. The highest BCUT2D eigenvalue weighted by Crippen LogP contribution is 2.45. The van der Waals surface area contributed by atoms with E-state index in [1.165, 1.54) is 14.2 Å². The molecule has 140 valence electrons. The first kappa shape index (κ1) is 19.0. The fourth-order valence-corrected chi connectivity index (χ4v) is 3.33. The molecule has 3 rings (SSSR count). The van der Waals surface area contributed by atoms with E-state index in [1.54, 1.807) is 0 Å². The maximum Gasteiger partial charge on any atom is 0.343 e. The van der Waals surface area contributed by atoms with Gasteiger partial charge < -0.3 is 18.9 Å². The minimum Gasteiger partial charge on any atom is -0.481 e. The van der Waals surface area contributed by atoms with Gasteiger partial charge in [0.15, 0.2) is 13.2 Å². The number of methoxy groups -OCH3 is 2. The van der Waals surface area contributed by atoms with Gasteiger partial charge in [-0.25, -0.2) is 9.59 Å². The predicted octanol–water partition coefficient (Wildman–Crippen LogP) is 3.86. The average Bonchev–Trinajstić information content (AvgIpc) is 2.70. The van der Waals surface area contributed by atoms with E-state index < -0.39 is 11.9 Å². The van der Waals surface area contributed by atoms with Crippen LogP contribution >= 0.6 is 15.9 Å². The normalized spacial score (nSPS) is 10.6. The van der Waals surface area contributed by atoms with Crippen molar-refractivity contribution in [2.75, 3.05) is 27.4 Å². The van der Waals surface area contributed by atoms with Crippen molar-refractivity contribution in [1.29, 1.82) is 0 Å². The molecule has 0 aliphatic heterocycles. The molecule has 0 spiro atoms. The summed E-state index contributed by atoms with van der Waals surface area (Å²) in [6, 6.07) is 13.0. The number of carbonyl (C=O) groups excluding carboxylic acids is 2. The topological polar surface area (TPSA) is 71.1 Å². The van der Waals surface area contributed by atoms with Crippen LogP contribution in [0.2, 0.25) is 0 Å². The maximum atomic E-state index is 11.6. The Kier molecular flexibility index (Phi) is 5.81. The molecule has 7 heteroatoms. The van der Waals surface area contributed by atoms with Crippen LogP contribution in [0.4, 0.5) is 0 Å². The minimum atomic E-state index is -0.481. The predicted molar refractivity (Wildman–Crippen MR) is 104 cm³/mol. The number of rotatable bonds is 6. The Bertz CT molecular complexity index is 1010. The van der Waals surface area contributed by atoms with E-state index in [2.05, 4.69) is 25.4 Å². The summed E-state index contributed by atoms with van der Waals surface area (Å²) in [5.74, 6) is 0.111. The highest BCUT2D eigenvalue weighted by Gasteiger charge is 2.19. The van der Waals surface area contributed by atoms with E-state index in [0.29, 0.717) is 11.5 Å². The first-order valence-electron chi connectivity index (χ1n) is 8.09. The molecule has 3 aromatic rings. The summed E-state index contributed by atoms with van der Waals surface area (Å²) in [7, 11) is 2.61. The van der Waals surface area contributed by atoms with Gasteiger partial charge in [0, 0.05) is 26.0 Å². The van der Waals surface area contributed by atoms with Crippen LogP contribution in [-0.2, 0) is 19.1 Å². The lowest BCUT2D eigenvalue weighted by atomic mass is 10.0. The Morgan fingerprint density at radius 3 is 1.89 bits per heavy atom. The van der Waals surface area contributed by atoms with E-state index in [-0.39, 0.29) is 13.2 Å². The Balaban J connectivity index is 2.24. The van der Waals surface area contributed by atoms with Crippen LogP contribution in [0, 0.1) is 0 Å². The van der Waals surface area contributed by atoms with Crippen molar-refractivity contribution in [2.45, 2.75) is 0 Å². The second-order valence-electron chi connectivity index (χ2n) is 5.60. The zero-order chi connectivity index (χ0) is 19.4. The molecule has 0 atom stereocenters. The summed E-state index contributed by atoms with van der Waals surface area (Å²) < 4.78 is 21.7. The molecule has 0 aliphatic carbocycles. The number of hydrogen-bond acceptors (Lipinski definition) is 6. The molecular formula is C20H17BrO6.